The fourth-order valence-corrected chi connectivity index (χ4v) is 1.25. The van der Waals surface area contributed by atoms with Crippen LogP contribution in [0.25, 0.3) is 0 Å². The summed E-state index contributed by atoms with van der Waals surface area (Å²) in [6.45, 7) is 3.99. The molecule has 0 aromatic carbocycles. The molecule has 0 aliphatic rings. The van der Waals surface area contributed by atoms with Gasteiger partial charge < -0.3 is 20.4 Å². The first-order valence-electron chi connectivity index (χ1n) is 6.70. The molecule has 0 aliphatic heterocycles. The molecule has 2 atom stereocenters. The third kappa shape index (κ3) is 18.4. The van der Waals surface area contributed by atoms with Crippen molar-refractivity contribution in [3.05, 3.63) is 0 Å². The van der Waals surface area contributed by atoms with Crippen molar-refractivity contribution in [3.63, 3.8) is 0 Å². The number of hydrogen-bond acceptors (Lipinski definition) is 4. The lowest BCUT2D eigenvalue weighted by atomic mass is 10.1. The highest BCUT2D eigenvalue weighted by molar-refractivity contribution is 4.51. The third-order valence-electron chi connectivity index (χ3n) is 2.45. The van der Waals surface area contributed by atoms with Crippen molar-refractivity contribution >= 4 is 0 Å². The molecule has 0 bridgehead atoms. The van der Waals surface area contributed by atoms with Crippen molar-refractivity contribution in [2.75, 3.05) is 13.2 Å². The standard InChI is InChI=1S/C7H16O2.C6H14O2/c1-2-3-4-5-7(9)6-8;1-2-3-4-6(8)5-7/h7-9H,2-6H2,1H3;6-8H,2-5H2,1H3. The predicted octanol–water partition coefficient (Wildman–Crippen LogP) is 1.45. The molecule has 0 radical (unpaired) electrons. The van der Waals surface area contributed by atoms with Gasteiger partial charge in [-0.3, -0.25) is 0 Å². The molecule has 17 heavy (non-hydrogen) atoms. The summed E-state index contributed by atoms with van der Waals surface area (Å²) in [7, 11) is 0. The second-order valence-corrected chi connectivity index (χ2v) is 4.31. The quantitative estimate of drug-likeness (QED) is 0.467. The molecule has 0 aromatic heterocycles. The molecular formula is C13H30O4. The largest absolute Gasteiger partial charge is 0.394 e. The van der Waals surface area contributed by atoms with Crippen LogP contribution in [-0.4, -0.2) is 45.8 Å². The van der Waals surface area contributed by atoms with Crippen LogP contribution >= 0.6 is 0 Å². The molecule has 0 rings (SSSR count). The Hall–Kier alpha value is -0.160. The minimum absolute atomic E-state index is 0.0935. The summed E-state index contributed by atoms with van der Waals surface area (Å²) in [5.41, 5.74) is 0. The van der Waals surface area contributed by atoms with Gasteiger partial charge in [0.2, 0.25) is 0 Å². The lowest BCUT2D eigenvalue weighted by Crippen LogP contribution is -2.10. The van der Waals surface area contributed by atoms with E-state index in [1.165, 1.54) is 0 Å². The van der Waals surface area contributed by atoms with Gasteiger partial charge in [0.05, 0.1) is 25.4 Å². The molecule has 0 amide bonds. The van der Waals surface area contributed by atoms with Crippen molar-refractivity contribution in [2.45, 2.75) is 71.0 Å². The number of hydrogen-bond donors (Lipinski definition) is 4. The Morgan fingerprint density at radius 2 is 1.12 bits per heavy atom. The SMILES string of the molecule is CCCCC(O)CO.CCCCCC(O)CO. The van der Waals surface area contributed by atoms with Crippen LogP contribution in [0.3, 0.4) is 0 Å². The first-order valence-corrected chi connectivity index (χ1v) is 6.70. The number of unbranched alkanes of at least 4 members (excludes halogenated alkanes) is 3. The summed E-state index contributed by atoms with van der Waals surface area (Å²) in [6, 6.07) is 0. The van der Waals surface area contributed by atoms with Gasteiger partial charge in [-0.15, -0.1) is 0 Å². The Morgan fingerprint density at radius 3 is 1.47 bits per heavy atom. The van der Waals surface area contributed by atoms with Gasteiger partial charge in [0.25, 0.3) is 0 Å². The van der Waals surface area contributed by atoms with Gasteiger partial charge in [0, 0.05) is 0 Å². The minimum Gasteiger partial charge on any atom is -0.394 e. The van der Waals surface area contributed by atoms with Crippen molar-refractivity contribution in [2.24, 2.45) is 0 Å². The Kier molecular flexibility index (Phi) is 17.9. The van der Waals surface area contributed by atoms with Crippen molar-refractivity contribution < 1.29 is 20.4 Å². The van der Waals surface area contributed by atoms with E-state index in [0.29, 0.717) is 0 Å². The summed E-state index contributed by atoms with van der Waals surface area (Å²) in [4.78, 5) is 0. The van der Waals surface area contributed by atoms with Gasteiger partial charge in [-0.05, 0) is 12.8 Å². The average molecular weight is 250 g/mol. The maximum Gasteiger partial charge on any atom is 0.0770 e. The van der Waals surface area contributed by atoms with Gasteiger partial charge in [-0.25, -0.2) is 0 Å². The molecule has 106 valence electrons. The summed E-state index contributed by atoms with van der Waals surface area (Å²) in [6.07, 6.45) is 5.91. The summed E-state index contributed by atoms with van der Waals surface area (Å²) < 4.78 is 0. The highest BCUT2D eigenvalue weighted by Gasteiger charge is 1.99. The Labute approximate surface area is 105 Å². The van der Waals surface area contributed by atoms with Crippen LogP contribution in [0.1, 0.15) is 58.8 Å². The number of rotatable bonds is 9. The summed E-state index contributed by atoms with van der Waals surface area (Å²) in [5, 5.41) is 34.3. The van der Waals surface area contributed by atoms with E-state index in [9.17, 15) is 0 Å². The zero-order valence-corrected chi connectivity index (χ0v) is 11.3. The number of aliphatic hydroxyl groups is 4. The van der Waals surface area contributed by atoms with Crippen molar-refractivity contribution in [1.82, 2.24) is 0 Å². The monoisotopic (exact) mass is 250 g/mol. The molecule has 0 saturated heterocycles. The van der Waals surface area contributed by atoms with Crippen LogP contribution in [-0.2, 0) is 0 Å². The van der Waals surface area contributed by atoms with Gasteiger partial charge in [0.15, 0.2) is 0 Å². The first kappa shape index (κ1) is 19.2. The van der Waals surface area contributed by atoms with E-state index in [0.717, 1.165) is 44.9 Å². The molecular weight excluding hydrogens is 220 g/mol. The van der Waals surface area contributed by atoms with E-state index in [1.807, 2.05) is 0 Å². The molecule has 4 nitrogen and oxygen atoms in total. The predicted molar refractivity (Wildman–Crippen MR) is 69.9 cm³/mol. The first-order chi connectivity index (χ1) is 8.12. The van der Waals surface area contributed by atoms with Crippen LogP contribution in [0, 0.1) is 0 Å². The lowest BCUT2D eigenvalue weighted by molar-refractivity contribution is 0.0861. The summed E-state index contributed by atoms with van der Waals surface area (Å²) >= 11 is 0. The highest BCUT2D eigenvalue weighted by Crippen LogP contribution is 2.01. The molecule has 4 N–H and O–H groups in total. The van der Waals surface area contributed by atoms with E-state index in [-0.39, 0.29) is 13.2 Å². The minimum atomic E-state index is -0.491. The maximum absolute atomic E-state index is 8.83. The molecule has 0 aliphatic carbocycles. The average Bonchev–Trinajstić information content (AvgIpc) is 2.36. The maximum atomic E-state index is 8.83. The zero-order chi connectivity index (χ0) is 13.5. The smallest absolute Gasteiger partial charge is 0.0770 e. The molecule has 2 unspecified atom stereocenters. The van der Waals surface area contributed by atoms with Gasteiger partial charge in [0.1, 0.15) is 0 Å². The van der Waals surface area contributed by atoms with Gasteiger partial charge in [-0.1, -0.05) is 46.0 Å². The Bertz CT molecular complexity index is 131. The third-order valence-corrected chi connectivity index (χ3v) is 2.45. The van der Waals surface area contributed by atoms with Gasteiger partial charge >= 0.3 is 0 Å². The molecule has 4 heteroatoms. The van der Waals surface area contributed by atoms with Crippen LogP contribution < -0.4 is 0 Å². The highest BCUT2D eigenvalue weighted by atomic mass is 16.3. The second-order valence-electron chi connectivity index (χ2n) is 4.31. The molecule has 0 spiro atoms. The lowest BCUT2D eigenvalue weighted by Gasteiger charge is -2.04. The Balaban J connectivity index is 0. The van der Waals surface area contributed by atoms with E-state index in [4.69, 9.17) is 20.4 Å². The van der Waals surface area contributed by atoms with E-state index in [2.05, 4.69) is 13.8 Å². The normalized spacial score (nSPS) is 13.8. The van der Waals surface area contributed by atoms with Crippen LogP contribution in [0.2, 0.25) is 0 Å². The zero-order valence-electron chi connectivity index (χ0n) is 11.3. The van der Waals surface area contributed by atoms with Crippen molar-refractivity contribution in [1.29, 1.82) is 0 Å². The van der Waals surface area contributed by atoms with E-state index in [1.54, 1.807) is 0 Å². The molecule has 0 heterocycles. The summed E-state index contributed by atoms with van der Waals surface area (Å²) in [5.74, 6) is 0. The van der Waals surface area contributed by atoms with Crippen molar-refractivity contribution in [3.8, 4) is 0 Å². The Morgan fingerprint density at radius 1 is 0.706 bits per heavy atom. The van der Waals surface area contributed by atoms with E-state index >= 15 is 0 Å². The molecule has 0 saturated carbocycles. The van der Waals surface area contributed by atoms with E-state index < -0.39 is 12.2 Å². The fourth-order valence-electron chi connectivity index (χ4n) is 1.25. The molecule has 0 fully saturated rings. The van der Waals surface area contributed by atoms with Crippen LogP contribution in [0.15, 0.2) is 0 Å². The van der Waals surface area contributed by atoms with Crippen LogP contribution in [0.4, 0.5) is 0 Å². The number of aliphatic hydroxyl groups excluding tert-OH is 4. The topological polar surface area (TPSA) is 80.9 Å². The molecule has 0 aromatic rings. The van der Waals surface area contributed by atoms with Crippen LogP contribution in [0.5, 0.6) is 0 Å². The second kappa shape index (κ2) is 15.8. The van der Waals surface area contributed by atoms with Gasteiger partial charge in [-0.2, -0.15) is 0 Å². The fraction of sp³-hybridized carbons (Fsp3) is 1.00.